The van der Waals surface area contributed by atoms with Crippen molar-refractivity contribution in [3.63, 3.8) is 0 Å². The molecule has 0 atom stereocenters. The zero-order chi connectivity index (χ0) is 19.0. The largest absolute Gasteiger partial charge is 0.493 e. The van der Waals surface area contributed by atoms with Crippen molar-refractivity contribution in [1.82, 2.24) is 4.90 Å². The van der Waals surface area contributed by atoms with E-state index in [1.165, 1.54) is 30.2 Å². The first kappa shape index (κ1) is 20.3. The van der Waals surface area contributed by atoms with E-state index in [1.54, 1.807) is 0 Å². The van der Waals surface area contributed by atoms with Crippen LogP contribution in [0.5, 0.6) is 11.5 Å². The number of methoxy groups -OCH3 is 1. The fourth-order valence-corrected chi connectivity index (χ4v) is 2.20. The van der Waals surface area contributed by atoms with Gasteiger partial charge in [-0.2, -0.15) is 0 Å². The van der Waals surface area contributed by atoms with E-state index in [9.17, 15) is 14.4 Å². The van der Waals surface area contributed by atoms with Crippen LogP contribution in [0.3, 0.4) is 0 Å². The summed E-state index contributed by atoms with van der Waals surface area (Å²) in [6, 6.07) is 4.54. The maximum atomic E-state index is 12.7. The highest BCUT2D eigenvalue weighted by atomic mass is 16.5. The molecular formula is C17H24N2O6. The van der Waals surface area contributed by atoms with E-state index >= 15 is 0 Å². The smallest absolute Gasteiger partial charge is 0.305 e. The molecule has 0 aromatic heterocycles. The SMILES string of the molecule is COc1cc(C(=O)N(CCC(=O)O)CC(C)C)ccc1OCC(N)=O. The third-order valence-corrected chi connectivity index (χ3v) is 3.25. The Labute approximate surface area is 146 Å². The lowest BCUT2D eigenvalue weighted by atomic mass is 10.1. The van der Waals surface area contributed by atoms with Gasteiger partial charge in [-0.25, -0.2) is 0 Å². The van der Waals surface area contributed by atoms with Gasteiger partial charge in [0.15, 0.2) is 18.1 Å². The lowest BCUT2D eigenvalue weighted by Crippen LogP contribution is -2.36. The van der Waals surface area contributed by atoms with Gasteiger partial charge in [0.2, 0.25) is 0 Å². The van der Waals surface area contributed by atoms with Crippen LogP contribution in [0.2, 0.25) is 0 Å². The third kappa shape index (κ3) is 6.70. The van der Waals surface area contributed by atoms with Gasteiger partial charge in [-0.05, 0) is 24.1 Å². The predicted octanol–water partition coefficient (Wildman–Crippen LogP) is 1.13. The first-order valence-corrected chi connectivity index (χ1v) is 7.84. The first-order chi connectivity index (χ1) is 11.7. The van der Waals surface area contributed by atoms with Gasteiger partial charge in [0, 0.05) is 18.7 Å². The maximum Gasteiger partial charge on any atom is 0.305 e. The quantitative estimate of drug-likeness (QED) is 0.651. The summed E-state index contributed by atoms with van der Waals surface area (Å²) in [6.07, 6.45) is -0.130. The third-order valence-electron chi connectivity index (χ3n) is 3.25. The number of carboxylic acid groups (broad SMARTS) is 1. The van der Waals surface area contributed by atoms with Gasteiger partial charge in [-0.1, -0.05) is 13.8 Å². The van der Waals surface area contributed by atoms with Gasteiger partial charge in [0.1, 0.15) is 0 Å². The summed E-state index contributed by atoms with van der Waals surface area (Å²) in [5.74, 6) is -1.12. The van der Waals surface area contributed by atoms with Crippen molar-refractivity contribution >= 4 is 17.8 Å². The highest BCUT2D eigenvalue weighted by Crippen LogP contribution is 2.28. The monoisotopic (exact) mass is 352 g/mol. The molecule has 0 unspecified atom stereocenters. The molecular weight excluding hydrogens is 328 g/mol. The number of benzene rings is 1. The van der Waals surface area contributed by atoms with E-state index in [0.29, 0.717) is 17.9 Å². The number of rotatable bonds is 10. The molecule has 8 heteroatoms. The van der Waals surface area contributed by atoms with E-state index < -0.39 is 11.9 Å². The average molecular weight is 352 g/mol. The predicted molar refractivity (Wildman–Crippen MR) is 90.7 cm³/mol. The lowest BCUT2D eigenvalue weighted by Gasteiger charge is -2.24. The average Bonchev–Trinajstić information content (AvgIpc) is 2.55. The van der Waals surface area contributed by atoms with Crippen LogP contribution in [0.15, 0.2) is 18.2 Å². The first-order valence-electron chi connectivity index (χ1n) is 7.84. The van der Waals surface area contributed by atoms with Gasteiger partial charge in [0.25, 0.3) is 11.8 Å². The van der Waals surface area contributed by atoms with E-state index in [0.717, 1.165) is 0 Å². The fraction of sp³-hybridized carbons (Fsp3) is 0.471. The minimum absolute atomic E-state index is 0.120. The van der Waals surface area contributed by atoms with Crippen LogP contribution in [0.4, 0.5) is 0 Å². The van der Waals surface area contributed by atoms with E-state index in [1.807, 2.05) is 13.8 Å². The molecule has 0 saturated carbocycles. The molecule has 0 spiro atoms. The standard InChI is InChI=1S/C17H24N2O6/c1-11(2)9-19(7-6-16(21)22)17(23)12-4-5-13(14(8-12)24-3)25-10-15(18)20/h4-5,8,11H,6-7,9-10H2,1-3H3,(H2,18,20)(H,21,22). The van der Waals surface area contributed by atoms with Gasteiger partial charge >= 0.3 is 5.97 Å². The highest BCUT2D eigenvalue weighted by molar-refractivity contribution is 5.95. The number of carbonyl (C=O) groups is 3. The highest BCUT2D eigenvalue weighted by Gasteiger charge is 2.20. The molecule has 0 aliphatic heterocycles. The molecule has 1 aromatic carbocycles. The molecule has 8 nitrogen and oxygen atoms in total. The summed E-state index contributed by atoms with van der Waals surface area (Å²) >= 11 is 0. The van der Waals surface area contributed by atoms with E-state index in [-0.39, 0.29) is 37.1 Å². The summed E-state index contributed by atoms with van der Waals surface area (Å²) in [6.45, 7) is 4.15. The molecule has 0 radical (unpaired) electrons. The molecule has 25 heavy (non-hydrogen) atoms. The fourth-order valence-electron chi connectivity index (χ4n) is 2.20. The van der Waals surface area contributed by atoms with Crippen molar-refractivity contribution in [2.75, 3.05) is 26.8 Å². The summed E-state index contributed by atoms with van der Waals surface area (Å²) in [5, 5.41) is 8.86. The van der Waals surface area contributed by atoms with Crippen molar-refractivity contribution in [2.24, 2.45) is 11.7 Å². The van der Waals surface area contributed by atoms with Crippen LogP contribution >= 0.6 is 0 Å². The summed E-state index contributed by atoms with van der Waals surface area (Å²) in [5.41, 5.74) is 5.38. The zero-order valence-electron chi connectivity index (χ0n) is 14.7. The van der Waals surface area contributed by atoms with Gasteiger partial charge in [0.05, 0.1) is 13.5 Å². The van der Waals surface area contributed by atoms with Gasteiger partial charge < -0.3 is 25.2 Å². The number of carboxylic acids is 1. The lowest BCUT2D eigenvalue weighted by molar-refractivity contribution is -0.137. The Morgan fingerprint density at radius 3 is 2.44 bits per heavy atom. The minimum Gasteiger partial charge on any atom is -0.493 e. The second-order valence-electron chi connectivity index (χ2n) is 5.91. The molecule has 0 heterocycles. The number of amides is 2. The molecule has 3 N–H and O–H groups in total. The Hall–Kier alpha value is -2.77. The Bertz CT molecular complexity index is 630. The number of nitrogens with two attached hydrogens (primary N) is 1. The van der Waals surface area contributed by atoms with E-state index in [2.05, 4.69) is 0 Å². The van der Waals surface area contributed by atoms with Crippen LogP contribution in [-0.2, 0) is 9.59 Å². The van der Waals surface area contributed by atoms with Crippen molar-refractivity contribution in [3.8, 4) is 11.5 Å². The molecule has 1 rings (SSSR count). The van der Waals surface area contributed by atoms with Crippen LogP contribution < -0.4 is 15.2 Å². The van der Waals surface area contributed by atoms with Crippen molar-refractivity contribution in [1.29, 1.82) is 0 Å². The second-order valence-corrected chi connectivity index (χ2v) is 5.91. The number of hydrogen-bond donors (Lipinski definition) is 2. The number of nitrogens with zero attached hydrogens (tertiary/aromatic N) is 1. The molecule has 0 aliphatic carbocycles. The summed E-state index contributed by atoms with van der Waals surface area (Å²) in [4.78, 5) is 35.8. The summed E-state index contributed by atoms with van der Waals surface area (Å²) in [7, 11) is 1.41. The van der Waals surface area contributed by atoms with Gasteiger partial charge in [-0.15, -0.1) is 0 Å². The van der Waals surface area contributed by atoms with Crippen LogP contribution in [-0.4, -0.2) is 54.6 Å². The van der Waals surface area contributed by atoms with Crippen molar-refractivity contribution in [3.05, 3.63) is 23.8 Å². The number of aliphatic carboxylic acids is 1. The van der Waals surface area contributed by atoms with Crippen LogP contribution in [0.1, 0.15) is 30.6 Å². The topological polar surface area (TPSA) is 119 Å². The number of primary amides is 1. The Morgan fingerprint density at radius 2 is 1.92 bits per heavy atom. The second kappa shape index (κ2) is 9.51. The molecule has 1 aromatic rings. The minimum atomic E-state index is -0.964. The maximum absolute atomic E-state index is 12.7. The molecule has 0 fully saturated rings. The van der Waals surface area contributed by atoms with Crippen LogP contribution in [0, 0.1) is 5.92 Å². The molecule has 0 aliphatic rings. The Balaban J connectivity index is 2.99. The molecule has 0 saturated heterocycles. The van der Waals surface area contributed by atoms with Gasteiger partial charge in [-0.3, -0.25) is 14.4 Å². The van der Waals surface area contributed by atoms with Crippen LogP contribution in [0.25, 0.3) is 0 Å². The van der Waals surface area contributed by atoms with Crippen molar-refractivity contribution in [2.45, 2.75) is 20.3 Å². The molecule has 138 valence electrons. The van der Waals surface area contributed by atoms with E-state index in [4.69, 9.17) is 20.3 Å². The zero-order valence-corrected chi connectivity index (χ0v) is 14.7. The number of carbonyl (C=O) groups excluding carboxylic acids is 2. The number of ether oxygens (including phenoxy) is 2. The Kier molecular flexibility index (Phi) is 7.71. The molecule has 0 bridgehead atoms. The normalized spacial score (nSPS) is 10.4. The number of hydrogen-bond acceptors (Lipinski definition) is 5. The Morgan fingerprint density at radius 1 is 1.24 bits per heavy atom. The molecule has 2 amide bonds. The summed E-state index contributed by atoms with van der Waals surface area (Å²) < 4.78 is 10.4. The van der Waals surface area contributed by atoms with Crippen molar-refractivity contribution < 1.29 is 29.0 Å².